The highest BCUT2D eigenvalue weighted by Gasteiger charge is 2.11. The number of anilines is 2. The summed E-state index contributed by atoms with van der Waals surface area (Å²) in [4.78, 5) is 4.61. The maximum atomic E-state index is 8.52. The second kappa shape index (κ2) is 17.6. The first kappa shape index (κ1) is 34.9. The Morgan fingerprint density at radius 3 is 1.36 bits per heavy atom. The molecule has 4 rings (SSSR count). The number of hydrogen-bond acceptors (Lipinski definition) is 12. The van der Waals surface area contributed by atoms with Gasteiger partial charge in [0.05, 0.1) is 23.3 Å². The molecular weight excluding hydrogens is 621 g/mol. The van der Waals surface area contributed by atoms with Crippen LogP contribution in [0.15, 0.2) is 92.1 Å². The van der Waals surface area contributed by atoms with Crippen molar-refractivity contribution in [2.45, 2.75) is 46.2 Å². The maximum Gasteiger partial charge on any atom is 0.408 e. The van der Waals surface area contributed by atoms with Crippen LogP contribution in [-0.2, 0) is 23.5 Å². The molecule has 0 aliphatic carbocycles. The van der Waals surface area contributed by atoms with Crippen LogP contribution in [0, 0.1) is 0 Å². The van der Waals surface area contributed by atoms with Gasteiger partial charge < -0.3 is 18.9 Å². The average Bonchev–Trinajstić information content (AvgIpc) is 3.67. The fraction of sp³-hybridized carbons (Fsp3) is 0.379. The molecule has 0 unspecified atom stereocenters. The Morgan fingerprint density at radius 1 is 0.659 bits per heavy atom. The van der Waals surface area contributed by atoms with Crippen LogP contribution in [0.1, 0.15) is 33.1 Å². The van der Waals surface area contributed by atoms with E-state index in [1.165, 1.54) is 17.8 Å². The van der Waals surface area contributed by atoms with Crippen molar-refractivity contribution >= 4 is 66.1 Å². The summed E-state index contributed by atoms with van der Waals surface area (Å²) in [5.74, 6) is 0. The molecule has 2 aromatic heterocycles. The van der Waals surface area contributed by atoms with Gasteiger partial charge in [0.15, 0.2) is 0 Å². The van der Waals surface area contributed by atoms with E-state index in [9.17, 15) is 0 Å². The number of azo groups is 2. The van der Waals surface area contributed by atoms with E-state index in [4.69, 9.17) is 17.5 Å². The van der Waals surface area contributed by atoms with Gasteiger partial charge in [0.25, 0.3) is 0 Å². The highest BCUT2D eigenvalue weighted by Crippen LogP contribution is 2.24. The van der Waals surface area contributed by atoms with Gasteiger partial charge in [-0.3, -0.25) is 8.42 Å². The Balaban J connectivity index is 0.000000978. The lowest BCUT2D eigenvalue weighted by Crippen LogP contribution is -2.28. The van der Waals surface area contributed by atoms with Crippen molar-refractivity contribution in [2.75, 3.05) is 37.0 Å². The molecule has 0 radical (unpaired) electrons. The molecule has 44 heavy (non-hydrogen) atoms. The first-order chi connectivity index (χ1) is 21.1. The molecule has 0 fully saturated rings. The Morgan fingerprint density at radius 2 is 1.02 bits per heavy atom. The van der Waals surface area contributed by atoms with Crippen LogP contribution < -0.4 is 18.9 Å². The minimum atomic E-state index is -5.17. The summed E-state index contributed by atoms with van der Waals surface area (Å²) in [6, 6.07) is 16.6. The molecule has 4 aromatic rings. The van der Waals surface area contributed by atoms with Crippen molar-refractivity contribution in [1.29, 1.82) is 0 Å². The van der Waals surface area contributed by atoms with Gasteiger partial charge in [-0.05, 0) is 115 Å². The molecule has 2 aromatic carbocycles. The molecule has 0 bridgehead atoms. The highest BCUT2D eigenvalue weighted by atomic mass is 32.3. The molecule has 0 aliphatic rings. The molecule has 0 saturated heterocycles. The number of benzene rings is 2. The monoisotopic (exact) mass is 658 g/mol. The minimum Gasteiger partial charge on any atom is -0.759 e. The number of rotatable bonds is 14. The molecule has 12 nitrogen and oxygen atoms in total. The number of nitrogens with zero attached hydrogens (tertiary/aromatic N) is 8. The molecule has 0 atom stereocenters. The maximum absolute atomic E-state index is 8.52. The van der Waals surface area contributed by atoms with Gasteiger partial charge in [-0.15, -0.1) is 0 Å². The Hall–Kier alpha value is -3.63. The van der Waals surface area contributed by atoms with Gasteiger partial charge in [0, 0.05) is 59.7 Å². The number of aryl methyl sites for hydroxylation is 2. The first-order valence-corrected chi connectivity index (χ1v) is 17.2. The third kappa shape index (κ3) is 12.2. The van der Waals surface area contributed by atoms with E-state index < -0.39 is 10.4 Å². The number of aromatic nitrogens is 2. The van der Waals surface area contributed by atoms with Crippen LogP contribution in [0.25, 0.3) is 0 Å². The highest BCUT2D eigenvalue weighted by molar-refractivity contribution is 7.79. The number of unbranched alkanes of at least 4 members (excludes halogenated alkanes) is 2. The summed E-state index contributed by atoms with van der Waals surface area (Å²) < 4.78 is 38.3. The van der Waals surface area contributed by atoms with Gasteiger partial charge in [0.2, 0.25) is 0 Å². The molecule has 0 amide bonds. The summed E-state index contributed by atoms with van der Waals surface area (Å²) in [5, 5.41) is 23.5. The zero-order chi connectivity index (χ0) is 32.0. The SMILES string of the molecule is CC[n+]1ccsc1N=Nc1ccc(N(C)CCCCCN(C)c2ccc(N=Nc3scc[n+]3CC)cc2)cc1.O=S(=O)([O-])[O-]. The summed E-state index contributed by atoms with van der Waals surface area (Å²) in [6.07, 6.45) is 7.57. The first-order valence-electron chi connectivity index (χ1n) is 14.1. The van der Waals surface area contributed by atoms with E-state index in [-0.39, 0.29) is 0 Å². The number of thiazole rings is 2. The van der Waals surface area contributed by atoms with Gasteiger partial charge in [-0.2, -0.15) is 0 Å². The van der Waals surface area contributed by atoms with Crippen LogP contribution in [-0.4, -0.2) is 44.7 Å². The van der Waals surface area contributed by atoms with Crippen LogP contribution in [0.5, 0.6) is 0 Å². The van der Waals surface area contributed by atoms with Crippen molar-refractivity contribution < 1.29 is 26.7 Å². The third-order valence-corrected chi connectivity index (χ3v) is 8.14. The van der Waals surface area contributed by atoms with E-state index in [2.05, 4.69) is 91.6 Å². The second-order valence-corrected chi connectivity index (χ2v) is 12.3. The van der Waals surface area contributed by atoms with E-state index in [0.717, 1.165) is 60.7 Å². The Kier molecular flexibility index (Phi) is 14.0. The fourth-order valence-electron chi connectivity index (χ4n) is 4.12. The predicted molar refractivity (Wildman–Crippen MR) is 172 cm³/mol. The third-order valence-electron chi connectivity index (χ3n) is 6.57. The molecule has 2 heterocycles. The van der Waals surface area contributed by atoms with Gasteiger partial charge in [-0.1, -0.05) is 0 Å². The summed E-state index contributed by atoms with van der Waals surface area (Å²) in [6.45, 7) is 8.06. The molecule has 236 valence electrons. The summed E-state index contributed by atoms with van der Waals surface area (Å²) >= 11 is 3.20. The Bertz CT molecular complexity index is 1480. The molecule has 0 saturated carbocycles. The van der Waals surface area contributed by atoms with Crippen molar-refractivity contribution in [1.82, 2.24) is 0 Å². The van der Waals surface area contributed by atoms with E-state index in [0.29, 0.717) is 0 Å². The summed E-state index contributed by atoms with van der Waals surface area (Å²) in [5.41, 5.74) is 4.14. The largest absolute Gasteiger partial charge is 0.759 e. The molecule has 0 N–H and O–H groups in total. The zero-order valence-electron chi connectivity index (χ0n) is 25.3. The molecule has 0 aliphatic heterocycles. The van der Waals surface area contributed by atoms with Gasteiger partial charge in [-0.25, -0.2) is 9.13 Å². The normalized spacial score (nSPS) is 11.6. The lowest BCUT2D eigenvalue weighted by atomic mass is 10.2. The predicted octanol–water partition coefficient (Wildman–Crippen LogP) is 6.66. The molecule has 0 spiro atoms. The van der Waals surface area contributed by atoms with Crippen molar-refractivity contribution in [3.8, 4) is 0 Å². The fourth-order valence-corrected chi connectivity index (χ4v) is 5.60. The number of hydrogen-bond donors (Lipinski definition) is 0. The lowest BCUT2D eigenvalue weighted by molar-refractivity contribution is -0.677. The molecule has 15 heteroatoms. The van der Waals surface area contributed by atoms with Gasteiger partial charge in [0.1, 0.15) is 23.8 Å². The van der Waals surface area contributed by atoms with Crippen LogP contribution >= 0.6 is 22.7 Å². The summed E-state index contributed by atoms with van der Waals surface area (Å²) in [7, 11) is -0.866. The van der Waals surface area contributed by atoms with Crippen LogP contribution in [0.4, 0.5) is 33.0 Å². The smallest absolute Gasteiger partial charge is 0.408 e. The molecular formula is C29H38N8O4S3. The average molecular weight is 659 g/mol. The van der Waals surface area contributed by atoms with Crippen molar-refractivity contribution in [2.24, 2.45) is 20.5 Å². The minimum absolute atomic E-state index is 0.870. The van der Waals surface area contributed by atoms with Crippen molar-refractivity contribution in [3.05, 3.63) is 71.7 Å². The topological polar surface area (TPSA) is 144 Å². The lowest BCUT2D eigenvalue weighted by Gasteiger charge is -2.21. The van der Waals surface area contributed by atoms with Crippen molar-refractivity contribution in [3.63, 3.8) is 0 Å². The van der Waals surface area contributed by atoms with Gasteiger partial charge >= 0.3 is 10.3 Å². The van der Waals surface area contributed by atoms with E-state index in [1.807, 2.05) is 47.4 Å². The standard InChI is InChI=1S/C29H38N8S2.H2O4S/c1-5-36-20-22-38-28(36)32-30-24-10-14-26(15-11-24)34(3)18-8-7-9-19-35(4)27-16-12-25(13-17-27)31-33-29-37(6-2)21-23-39-29;1-5(2,3)4/h10-17,20-23H,5-9,18-19H2,1-4H3;(H2,1,2,3,4)/q+2;/p-2. The van der Waals surface area contributed by atoms with Crippen LogP contribution in [0.3, 0.4) is 0 Å². The Labute approximate surface area is 267 Å². The van der Waals surface area contributed by atoms with E-state index >= 15 is 0 Å². The second-order valence-electron chi connectivity index (χ2n) is 9.69. The zero-order valence-corrected chi connectivity index (χ0v) is 27.8. The van der Waals surface area contributed by atoms with Crippen LogP contribution in [0.2, 0.25) is 0 Å². The van der Waals surface area contributed by atoms with E-state index in [1.54, 1.807) is 22.7 Å². The quantitative estimate of drug-likeness (QED) is 0.0487.